The molecular formula is C15H20ClN3O3. The number of nitrogens with zero attached hydrogens (tertiary/aromatic N) is 1. The number of nitrogens with two attached hydrogens (primary N) is 1. The summed E-state index contributed by atoms with van der Waals surface area (Å²) in [5.41, 5.74) is 6.31. The van der Waals surface area contributed by atoms with Crippen molar-refractivity contribution in [1.82, 2.24) is 4.90 Å². The molecule has 0 bridgehead atoms. The number of ether oxygens (including phenoxy) is 1. The summed E-state index contributed by atoms with van der Waals surface area (Å²) >= 11 is 0. The summed E-state index contributed by atoms with van der Waals surface area (Å²) in [5.74, 6) is -0.221. The van der Waals surface area contributed by atoms with Crippen LogP contribution in [0.4, 0.5) is 5.69 Å². The van der Waals surface area contributed by atoms with Crippen LogP contribution in [0.1, 0.15) is 23.2 Å². The Morgan fingerprint density at radius 1 is 1.23 bits per heavy atom. The third kappa shape index (κ3) is 3.58. The van der Waals surface area contributed by atoms with Crippen molar-refractivity contribution >= 4 is 29.9 Å². The van der Waals surface area contributed by atoms with Gasteiger partial charge in [0.2, 0.25) is 5.91 Å². The van der Waals surface area contributed by atoms with Crippen molar-refractivity contribution in [3.05, 3.63) is 29.8 Å². The average Bonchev–Trinajstić information content (AvgIpc) is 3.27. The number of hydrogen-bond donors (Lipinski definition) is 2. The lowest BCUT2D eigenvalue weighted by atomic mass is 10.1. The number of halogens is 1. The zero-order valence-electron chi connectivity index (χ0n) is 12.2. The largest absolute Gasteiger partial charge is 0.378 e. The monoisotopic (exact) mass is 325 g/mol. The Morgan fingerprint density at radius 3 is 2.55 bits per heavy atom. The number of hydrogen-bond acceptors (Lipinski definition) is 4. The minimum Gasteiger partial charge on any atom is -0.378 e. The molecule has 1 aromatic carbocycles. The van der Waals surface area contributed by atoms with E-state index in [4.69, 9.17) is 10.5 Å². The molecule has 1 aromatic rings. The summed E-state index contributed by atoms with van der Waals surface area (Å²) in [6.45, 7) is 2.33. The van der Waals surface area contributed by atoms with Crippen LogP contribution in [0.5, 0.6) is 0 Å². The average molecular weight is 326 g/mol. The molecule has 1 aliphatic carbocycles. The van der Waals surface area contributed by atoms with E-state index < -0.39 is 5.54 Å². The molecule has 22 heavy (non-hydrogen) atoms. The van der Waals surface area contributed by atoms with Crippen LogP contribution >= 0.6 is 12.4 Å². The molecule has 6 nitrogen and oxygen atoms in total. The number of carbonyl (C=O) groups excluding carboxylic acids is 2. The molecule has 1 heterocycles. The SMILES string of the molecule is Cl.NC1(C(=O)Nc2cccc(C(=O)N3CCOCC3)c2)CC1. The summed E-state index contributed by atoms with van der Waals surface area (Å²) in [4.78, 5) is 26.1. The standard InChI is InChI=1S/C15H19N3O3.ClH/c16-15(4-5-15)14(20)17-12-3-1-2-11(10-12)13(19)18-6-8-21-9-7-18;/h1-3,10H,4-9,16H2,(H,17,20);1H. The van der Waals surface area contributed by atoms with Crippen LogP contribution in [0.15, 0.2) is 24.3 Å². The van der Waals surface area contributed by atoms with Crippen molar-refractivity contribution in [3.8, 4) is 0 Å². The summed E-state index contributed by atoms with van der Waals surface area (Å²) in [5, 5.41) is 2.78. The van der Waals surface area contributed by atoms with E-state index in [2.05, 4.69) is 5.32 Å². The molecule has 1 saturated heterocycles. The minimum absolute atomic E-state index is 0. The van der Waals surface area contributed by atoms with Gasteiger partial charge in [-0.05, 0) is 31.0 Å². The number of rotatable bonds is 3. The van der Waals surface area contributed by atoms with Gasteiger partial charge in [0.25, 0.3) is 5.91 Å². The lowest BCUT2D eigenvalue weighted by molar-refractivity contribution is -0.118. The molecule has 7 heteroatoms. The van der Waals surface area contributed by atoms with E-state index in [1.54, 1.807) is 29.2 Å². The Balaban J connectivity index is 0.00000176. The van der Waals surface area contributed by atoms with Gasteiger partial charge in [-0.2, -0.15) is 0 Å². The second-order valence-electron chi connectivity index (χ2n) is 5.60. The third-order valence-corrected chi connectivity index (χ3v) is 3.91. The first kappa shape index (κ1) is 16.7. The van der Waals surface area contributed by atoms with Gasteiger partial charge in [-0.25, -0.2) is 0 Å². The van der Waals surface area contributed by atoms with Crippen molar-refractivity contribution in [2.75, 3.05) is 31.6 Å². The normalized spacial score (nSPS) is 19.0. The van der Waals surface area contributed by atoms with Crippen LogP contribution in [0, 0.1) is 0 Å². The van der Waals surface area contributed by atoms with Crippen LogP contribution in [-0.4, -0.2) is 48.6 Å². The van der Waals surface area contributed by atoms with E-state index in [-0.39, 0.29) is 24.2 Å². The highest BCUT2D eigenvalue weighted by Crippen LogP contribution is 2.33. The number of anilines is 1. The molecule has 3 N–H and O–H groups in total. The maximum atomic E-state index is 12.4. The van der Waals surface area contributed by atoms with Gasteiger partial charge in [0.1, 0.15) is 0 Å². The van der Waals surface area contributed by atoms with Gasteiger partial charge in [0.15, 0.2) is 0 Å². The van der Waals surface area contributed by atoms with Crippen LogP contribution in [0.3, 0.4) is 0 Å². The molecule has 0 atom stereocenters. The fraction of sp³-hybridized carbons (Fsp3) is 0.467. The van der Waals surface area contributed by atoms with Gasteiger partial charge in [-0.15, -0.1) is 12.4 Å². The summed E-state index contributed by atoms with van der Waals surface area (Å²) < 4.78 is 5.24. The second-order valence-corrected chi connectivity index (χ2v) is 5.60. The first-order valence-electron chi connectivity index (χ1n) is 7.16. The molecule has 2 amide bonds. The van der Waals surface area contributed by atoms with E-state index in [1.807, 2.05) is 0 Å². The topological polar surface area (TPSA) is 84.7 Å². The zero-order valence-corrected chi connectivity index (χ0v) is 13.0. The summed E-state index contributed by atoms with van der Waals surface area (Å²) in [6.07, 6.45) is 1.43. The molecule has 0 radical (unpaired) electrons. The van der Waals surface area contributed by atoms with Gasteiger partial charge in [-0.3, -0.25) is 9.59 Å². The van der Waals surface area contributed by atoms with Crippen LogP contribution in [-0.2, 0) is 9.53 Å². The lowest BCUT2D eigenvalue weighted by Gasteiger charge is -2.27. The van der Waals surface area contributed by atoms with E-state index in [0.29, 0.717) is 50.4 Å². The fourth-order valence-electron chi connectivity index (χ4n) is 2.30. The molecule has 1 aliphatic heterocycles. The van der Waals surface area contributed by atoms with E-state index >= 15 is 0 Å². The van der Waals surface area contributed by atoms with Crippen LogP contribution < -0.4 is 11.1 Å². The van der Waals surface area contributed by atoms with Gasteiger partial charge in [0, 0.05) is 24.3 Å². The summed E-state index contributed by atoms with van der Waals surface area (Å²) in [7, 11) is 0. The molecule has 2 aliphatic rings. The molecule has 2 fully saturated rings. The lowest BCUT2D eigenvalue weighted by Crippen LogP contribution is -2.40. The van der Waals surface area contributed by atoms with Crippen molar-refractivity contribution < 1.29 is 14.3 Å². The van der Waals surface area contributed by atoms with E-state index in [9.17, 15) is 9.59 Å². The van der Waals surface area contributed by atoms with E-state index in [1.165, 1.54) is 0 Å². The quantitative estimate of drug-likeness (QED) is 0.868. The first-order valence-corrected chi connectivity index (χ1v) is 7.16. The fourth-order valence-corrected chi connectivity index (χ4v) is 2.30. The Morgan fingerprint density at radius 2 is 1.91 bits per heavy atom. The van der Waals surface area contributed by atoms with Gasteiger partial charge >= 0.3 is 0 Å². The third-order valence-electron chi connectivity index (χ3n) is 3.91. The second kappa shape index (κ2) is 6.64. The highest BCUT2D eigenvalue weighted by molar-refractivity contribution is 6.01. The first-order chi connectivity index (χ1) is 10.1. The Bertz CT molecular complexity index is 569. The molecule has 120 valence electrons. The van der Waals surface area contributed by atoms with Gasteiger partial charge in [-0.1, -0.05) is 6.07 Å². The predicted octanol–water partition coefficient (Wildman–Crippen LogP) is 1.01. The van der Waals surface area contributed by atoms with Crippen molar-refractivity contribution in [3.63, 3.8) is 0 Å². The van der Waals surface area contributed by atoms with Crippen molar-refractivity contribution in [2.24, 2.45) is 5.73 Å². The van der Waals surface area contributed by atoms with Gasteiger partial charge in [0.05, 0.1) is 18.8 Å². The molecule has 3 rings (SSSR count). The Kier molecular flexibility index (Phi) is 5.05. The number of benzene rings is 1. The van der Waals surface area contributed by atoms with E-state index in [0.717, 1.165) is 0 Å². The Hall–Kier alpha value is -1.63. The highest BCUT2D eigenvalue weighted by atomic mass is 35.5. The molecule has 1 saturated carbocycles. The van der Waals surface area contributed by atoms with Crippen LogP contribution in [0.2, 0.25) is 0 Å². The van der Waals surface area contributed by atoms with Crippen LogP contribution in [0.25, 0.3) is 0 Å². The molecule has 0 aromatic heterocycles. The Labute approximate surface area is 135 Å². The van der Waals surface area contributed by atoms with Crippen molar-refractivity contribution in [2.45, 2.75) is 18.4 Å². The molecule has 0 spiro atoms. The predicted molar refractivity (Wildman–Crippen MR) is 85.2 cm³/mol. The minimum atomic E-state index is -0.718. The van der Waals surface area contributed by atoms with Gasteiger partial charge < -0.3 is 20.7 Å². The number of morpholine rings is 1. The van der Waals surface area contributed by atoms with Crippen molar-refractivity contribution in [1.29, 1.82) is 0 Å². The maximum Gasteiger partial charge on any atom is 0.254 e. The highest BCUT2D eigenvalue weighted by Gasteiger charge is 2.45. The molecule has 0 unspecified atom stereocenters. The number of amides is 2. The zero-order chi connectivity index (χ0) is 14.9. The number of nitrogens with one attached hydrogen (secondary N) is 1. The smallest absolute Gasteiger partial charge is 0.254 e. The summed E-state index contributed by atoms with van der Waals surface area (Å²) in [6, 6.07) is 6.98. The maximum absolute atomic E-state index is 12.4. The number of carbonyl (C=O) groups is 2. The molecular weight excluding hydrogens is 306 g/mol.